The summed E-state index contributed by atoms with van der Waals surface area (Å²) in [6.45, 7) is 0. The van der Waals surface area contributed by atoms with Gasteiger partial charge in [0.15, 0.2) is 0 Å². The van der Waals surface area contributed by atoms with E-state index in [9.17, 15) is 0 Å². The Balaban J connectivity index is 1.87. The third kappa shape index (κ3) is 2.28. The van der Waals surface area contributed by atoms with Gasteiger partial charge in [0.2, 0.25) is 0 Å². The number of fused-ring (bicyclic) bond motifs is 1. The van der Waals surface area contributed by atoms with E-state index in [1.165, 1.54) is 21.9 Å². The van der Waals surface area contributed by atoms with Crippen molar-refractivity contribution in [1.29, 1.82) is 0 Å². The predicted octanol–water partition coefficient (Wildman–Crippen LogP) is 4.43. The van der Waals surface area contributed by atoms with Crippen LogP contribution in [0.5, 0.6) is 0 Å². The highest BCUT2D eigenvalue weighted by Crippen LogP contribution is 2.20. The van der Waals surface area contributed by atoms with Gasteiger partial charge in [-0.3, -0.25) is 0 Å². The third-order valence-corrected chi connectivity index (χ3v) is 3.35. The lowest BCUT2D eigenvalue weighted by Gasteiger charge is -2.06. The van der Waals surface area contributed by atoms with Crippen LogP contribution in [-0.4, -0.2) is 0 Å². The monoisotopic (exact) mass is 231 g/mol. The number of aryl methyl sites for hydroxylation is 2. The van der Waals surface area contributed by atoms with Crippen LogP contribution in [0.4, 0.5) is 0 Å². The van der Waals surface area contributed by atoms with Crippen molar-refractivity contribution in [2.24, 2.45) is 0 Å². The summed E-state index contributed by atoms with van der Waals surface area (Å²) >= 11 is 0. The molecule has 0 bridgehead atoms. The maximum absolute atomic E-state index is 3.06. The smallest absolute Gasteiger partial charge is 0.0152 e. The summed E-state index contributed by atoms with van der Waals surface area (Å²) in [7, 11) is 0. The van der Waals surface area contributed by atoms with Crippen molar-refractivity contribution in [2.75, 3.05) is 0 Å². The van der Waals surface area contributed by atoms with E-state index in [0.29, 0.717) is 0 Å². The highest BCUT2D eigenvalue weighted by atomic mass is 14.0. The number of hydrogen-bond donors (Lipinski definition) is 0. The minimum Gasteiger partial charge on any atom is -0.0616 e. The number of rotatable bonds is 3. The summed E-state index contributed by atoms with van der Waals surface area (Å²) in [5.41, 5.74) is 2.81. The van der Waals surface area contributed by atoms with Crippen molar-refractivity contribution in [3.05, 3.63) is 83.9 Å². The maximum Gasteiger partial charge on any atom is -0.0152 e. The van der Waals surface area contributed by atoms with Gasteiger partial charge in [0, 0.05) is 0 Å². The molecule has 0 saturated heterocycles. The van der Waals surface area contributed by atoms with Crippen LogP contribution in [0.25, 0.3) is 10.8 Å². The molecule has 0 amide bonds. The molecule has 0 spiro atoms. The second kappa shape index (κ2) is 5.05. The first-order valence-corrected chi connectivity index (χ1v) is 6.35. The Hall–Kier alpha value is -2.08. The van der Waals surface area contributed by atoms with Gasteiger partial charge in [-0.25, -0.2) is 0 Å². The lowest BCUT2D eigenvalue weighted by molar-refractivity contribution is 0.969. The molecule has 87 valence electrons. The lowest BCUT2D eigenvalue weighted by atomic mass is 9.99. The molecule has 0 nitrogen and oxygen atoms in total. The summed E-state index contributed by atoms with van der Waals surface area (Å²) in [5, 5.41) is 2.71. The first-order valence-electron chi connectivity index (χ1n) is 6.35. The molecule has 1 radical (unpaired) electrons. The molecule has 0 atom stereocenters. The normalized spacial score (nSPS) is 10.7. The van der Waals surface area contributed by atoms with Crippen LogP contribution >= 0.6 is 0 Å². The van der Waals surface area contributed by atoms with Crippen LogP contribution in [0, 0.1) is 6.07 Å². The molecule has 0 aliphatic heterocycles. The Morgan fingerprint density at radius 2 is 1.50 bits per heavy atom. The molecule has 0 aliphatic rings. The molecule has 0 fully saturated rings. The average molecular weight is 231 g/mol. The Morgan fingerprint density at radius 3 is 2.39 bits per heavy atom. The zero-order valence-electron chi connectivity index (χ0n) is 10.3. The van der Waals surface area contributed by atoms with Gasteiger partial charge in [-0.1, -0.05) is 66.7 Å². The molecule has 0 heteroatoms. The van der Waals surface area contributed by atoms with E-state index in [4.69, 9.17) is 0 Å². The highest BCUT2D eigenvalue weighted by Gasteiger charge is 2.00. The van der Waals surface area contributed by atoms with Gasteiger partial charge in [0.1, 0.15) is 0 Å². The SMILES string of the molecule is [c]1ccc(CCc2cccc3ccccc23)cc1. The van der Waals surface area contributed by atoms with Crippen molar-refractivity contribution in [1.82, 2.24) is 0 Å². The Bertz CT molecular complexity index is 633. The van der Waals surface area contributed by atoms with Gasteiger partial charge in [-0.05, 0) is 40.8 Å². The van der Waals surface area contributed by atoms with Crippen LogP contribution in [0.1, 0.15) is 11.1 Å². The molecule has 0 aromatic heterocycles. The van der Waals surface area contributed by atoms with Crippen LogP contribution in [0.3, 0.4) is 0 Å². The van der Waals surface area contributed by atoms with E-state index >= 15 is 0 Å². The zero-order valence-corrected chi connectivity index (χ0v) is 10.3. The zero-order chi connectivity index (χ0) is 12.2. The summed E-state index contributed by atoms with van der Waals surface area (Å²) < 4.78 is 0. The molecule has 3 rings (SSSR count). The highest BCUT2D eigenvalue weighted by molar-refractivity contribution is 5.85. The van der Waals surface area contributed by atoms with Gasteiger partial charge in [-0.2, -0.15) is 0 Å². The predicted molar refractivity (Wildman–Crippen MR) is 76.6 cm³/mol. The fourth-order valence-corrected chi connectivity index (χ4v) is 2.38. The molecule has 0 aliphatic carbocycles. The van der Waals surface area contributed by atoms with Gasteiger partial charge in [0.05, 0.1) is 0 Å². The van der Waals surface area contributed by atoms with E-state index in [0.717, 1.165) is 12.8 Å². The molecule has 0 N–H and O–H groups in total. The lowest BCUT2D eigenvalue weighted by Crippen LogP contribution is -1.92. The van der Waals surface area contributed by atoms with Crippen molar-refractivity contribution in [3.63, 3.8) is 0 Å². The van der Waals surface area contributed by atoms with Gasteiger partial charge in [0.25, 0.3) is 0 Å². The fraction of sp³-hybridized carbons (Fsp3) is 0.111. The first kappa shape index (κ1) is 11.0. The molecule has 3 aromatic rings. The number of benzene rings is 3. The minimum absolute atomic E-state index is 1.09. The molecule has 3 aromatic carbocycles. The Kier molecular flexibility index (Phi) is 3.10. The van der Waals surface area contributed by atoms with E-state index in [1.807, 2.05) is 12.1 Å². The molecule has 18 heavy (non-hydrogen) atoms. The topological polar surface area (TPSA) is 0 Å². The standard InChI is InChI=1S/C18H15/c1-2-7-15(8-3-1)13-14-17-11-6-10-16-9-4-5-12-18(16)17/h2-12H,13-14H2. The van der Waals surface area contributed by atoms with Gasteiger partial charge in [-0.15, -0.1) is 0 Å². The third-order valence-electron chi connectivity index (χ3n) is 3.35. The van der Waals surface area contributed by atoms with Gasteiger partial charge >= 0.3 is 0 Å². The van der Waals surface area contributed by atoms with Gasteiger partial charge < -0.3 is 0 Å². The van der Waals surface area contributed by atoms with E-state index in [-0.39, 0.29) is 0 Å². The van der Waals surface area contributed by atoms with E-state index < -0.39 is 0 Å². The molecular weight excluding hydrogens is 216 g/mol. The fourth-order valence-electron chi connectivity index (χ4n) is 2.38. The summed E-state index contributed by atoms with van der Waals surface area (Å²) in [4.78, 5) is 0. The average Bonchev–Trinajstić information content (AvgIpc) is 2.46. The number of hydrogen-bond acceptors (Lipinski definition) is 0. The van der Waals surface area contributed by atoms with Crippen LogP contribution in [0.2, 0.25) is 0 Å². The molecule has 0 saturated carbocycles. The van der Waals surface area contributed by atoms with Crippen molar-refractivity contribution in [2.45, 2.75) is 12.8 Å². The second-order valence-electron chi connectivity index (χ2n) is 4.55. The summed E-state index contributed by atoms with van der Waals surface area (Å²) in [6, 6.07) is 26.5. The largest absolute Gasteiger partial charge is 0.0616 e. The van der Waals surface area contributed by atoms with Crippen LogP contribution in [0.15, 0.2) is 66.7 Å². The summed E-state index contributed by atoms with van der Waals surface area (Å²) in [6.07, 6.45) is 2.17. The summed E-state index contributed by atoms with van der Waals surface area (Å²) in [5.74, 6) is 0. The molecular formula is C18H15. The second-order valence-corrected chi connectivity index (χ2v) is 4.55. The van der Waals surface area contributed by atoms with E-state index in [2.05, 4.69) is 60.7 Å². The maximum atomic E-state index is 3.06. The Morgan fingerprint density at radius 1 is 0.722 bits per heavy atom. The first-order chi connectivity index (χ1) is 8.93. The van der Waals surface area contributed by atoms with Crippen molar-refractivity contribution >= 4 is 10.8 Å². The molecule has 0 heterocycles. The van der Waals surface area contributed by atoms with Crippen molar-refractivity contribution in [3.8, 4) is 0 Å². The molecule has 0 unspecified atom stereocenters. The van der Waals surface area contributed by atoms with Crippen LogP contribution < -0.4 is 0 Å². The van der Waals surface area contributed by atoms with Crippen LogP contribution in [-0.2, 0) is 12.8 Å². The van der Waals surface area contributed by atoms with E-state index in [1.54, 1.807) is 0 Å². The quantitative estimate of drug-likeness (QED) is 0.625. The van der Waals surface area contributed by atoms with Crippen molar-refractivity contribution < 1.29 is 0 Å². The minimum atomic E-state index is 1.09. The Labute approximate surface area is 108 Å².